The van der Waals surface area contributed by atoms with Crippen LogP contribution in [0.1, 0.15) is 19.5 Å². The number of hydrogen-bond acceptors (Lipinski definition) is 10. The van der Waals surface area contributed by atoms with Crippen molar-refractivity contribution in [2.24, 2.45) is 5.73 Å². The van der Waals surface area contributed by atoms with Crippen LogP contribution in [0, 0.1) is 11.3 Å². The van der Waals surface area contributed by atoms with Crippen molar-refractivity contribution in [3.05, 3.63) is 54.5 Å². The Balaban J connectivity index is 1.64. The molecule has 0 saturated carbocycles. The quantitative estimate of drug-likeness (QED) is 0.435. The third-order valence-corrected chi connectivity index (χ3v) is 4.89. The van der Waals surface area contributed by atoms with Gasteiger partial charge in [-0.05, 0) is 50.2 Å². The van der Waals surface area contributed by atoms with Crippen molar-refractivity contribution in [2.45, 2.75) is 19.3 Å². The SMILES string of the molecule is CC(C)(C#N)c1cc(-c2cnc(N)c(-c3nnc(-c4ccc(OCCN)cc4)o3)n2)ccn1. The Kier molecular flexibility index (Phi) is 5.97. The van der Waals surface area contributed by atoms with Crippen LogP contribution in [0.2, 0.25) is 0 Å². The molecule has 10 nitrogen and oxygen atoms in total. The van der Waals surface area contributed by atoms with Crippen LogP contribution >= 0.6 is 0 Å². The van der Waals surface area contributed by atoms with Crippen molar-refractivity contribution in [3.63, 3.8) is 0 Å². The van der Waals surface area contributed by atoms with Crippen molar-refractivity contribution in [1.29, 1.82) is 5.26 Å². The summed E-state index contributed by atoms with van der Waals surface area (Å²) in [6, 6.07) is 13.1. The lowest BCUT2D eigenvalue weighted by atomic mass is 9.90. The van der Waals surface area contributed by atoms with Crippen molar-refractivity contribution in [2.75, 3.05) is 18.9 Å². The maximum Gasteiger partial charge on any atom is 0.270 e. The van der Waals surface area contributed by atoms with Crippen LogP contribution in [0.15, 0.2) is 53.2 Å². The van der Waals surface area contributed by atoms with Crippen LogP contribution in [-0.2, 0) is 5.41 Å². The van der Waals surface area contributed by atoms with Gasteiger partial charge in [-0.25, -0.2) is 9.97 Å². The van der Waals surface area contributed by atoms with Gasteiger partial charge in [-0.3, -0.25) is 4.98 Å². The minimum atomic E-state index is -0.744. The standard InChI is InChI=1S/C23H22N8O2/c1-23(2,13-25)18-11-15(7-9-27-18)17-12-28-20(26)19(29-17)22-31-30-21(33-22)14-3-5-16(6-4-14)32-10-8-24/h3-7,9,11-12H,8,10,24H2,1-2H3,(H2,26,28). The fourth-order valence-electron chi connectivity index (χ4n) is 2.99. The molecule has 0 spiro atoms. The summed E-state index contributed by atoms with van der Waals surface area (Å²) in [6.45, 7) is 4.48. The number of aromatic nitrogens is 5. The molecule has 3 aromatic heterocycles. The Morgan fingerprint density at radius 1 is 1.06 bits per heavy atom. The van der Waals surface area contributed by atoms with E-state index in [1.54, 1.807) is 50.5 Å². The molecular weight excluding hydrogens is 420 g/mol. The number of rotatable bonds is 7. The minimum absolute atomic E-state index is 0.145. The maximum absolute atomic E-state index is 9.41. The summed E-state index contributed by atoms with van der Waals surface area (Å²) in [4.78, 5) is 13.1. The van der Waals surface area contributed by atoms with Gasteiger partial charge >= 0.3 is 0 Å². The van der Waals surface area contributed by atoms with Gasteiger partial charge < -0.3 is 20.6 Å². The first-order chi connectivity index (χ1) is 15.9. The molecule has 0 fully saturated rings. The lowest BCUT2D eigenvalue weighted by Gasteiger charge is -2.15. The van der Waals surface area contributed by atoms with Crippen LogP contribution < -0.4 is 16.2 Å². The summed E-state index contributed by atoms with van der Waals surface area (Å²) in [6.07, 6.45) is 3.18. The van der Waals surface area contributed by atoms with Gasteiger partial charge in [0.15, 0.2) is 11.5 Å². The van der Waals surface area contributed by atoms with E-state index in [0.29, 0.717) is 41.7 Å². The number of pyridine rings is 1. The van der Waals surface area contributed by atoms with Gasteiger partial charge in [0.05, 0.1) is 29.1 Å². The molecule has 166 valence electrons. The molecule has 0 atom stereocenters. The molecule has 4 aromatic rings. The van der Waals surface area contributed by atoms with Gasteiger partial charge in [0.25, 0.3) is 5.89 Å². The van der Waals surface area contributed by atoms with E-state index >= 15 is 0 Å². The van der Waals surface area contributed by atoms with E-state index in [4.69, 9.17) is 20.6 Å². The zero-order valence-electron chi connectivity index (χ0n) is 18.2. The van der Waals surface area contributed by atoms with Gasteiger partial charge in [0, 0.05) is 23.9 Å². The summed E-state index contributed by atoms with van der Waals surface area (Å²) in [5.41, 5.74) is 13.7. The van der Waals surface area contributed by atoms with E-state index in [-0.39, 0.29) is 17.4 Å². The average Bonchev–Trinajstić information content (AvgIpc) is 3.33. The van der Waals surface area contributed by atoms with Crippen molar-refractivity contribution in [1.82, 2.24) is 25.1 Å². The van der Waals surface area contributed by atoms with Gasteiger partial charge in [-0.2, -0.15) is 5.26 Å². The summed E-state index contributed by atoms with van der Waals surface area (Å²) < 4.78 is 11.3. The average molecular weight is 442 g/mol. The monoisotopic (exact) mass is 442 g/mol. The molecule has 10 heteroatoms. The Morgan fingerprint density at radius 2 is 1.82 bits per heavy atom. The van der Waals surface area contributed by atoms with Crippen LogP contribution in [0.25, 0.3) is 34.3 Å². The number of anilines is 1. The molecule has 0 amide bonds. The van der Waals surface area contributed by atoms with Crippen molar-refractivity contribution < 1.29 is 9.15 Å². The Hall–Kier alpha value is -4.36. The van der Waals surface area contributed by atoms with E-state index in [9.17, 15) is 5.26 Å². The van der Waals surface area contributed by atoms with E-state index in [0.717, 1.165) is 5.56 Å². The zero-order chi connectivity index (χ0) is 23.4. The fourth-order valence-corrected chi connectivity index (χ4v) is 2.99. The lowest BCUT2D eigenvalue weighted by Crippen LogP contribution is -2.15. The first-order valence-electron chi connectivity index (χ1n) is 10.2. The molecule has 0 saturated heterocycles. The van der Waals surface area contributed by atoms with E-state index in [1.165, 1.54) is 0 Å². The van der Waals surface area contributed by atoms with E-state index < -0.39 is 5.41 Å². The molecule has 0 aliphatic carbocycles. The molecule has 0 unspecified atom stereocenters. The minimum Gasteiger partial charge on any atom is -0.492 e. The number of hydrogen-bond donors (Lipinski definition) is 2. The zero-order valence-corrected chi connectivity index (χ0v) is 18.2. The van der Waals surface area contributed by atoms with Crippen LogP contribution in [0.5, 0.6) is 5.75 Å². The molecule has 4 N–H and O–H groups in total. The number of ether oxygens (including phenoxy) is 1. The van der Waals surface area contributed by atoms with Crippen molar-refractivity contribution >= 4 is 5.82 Å². The smallest absolute Gasteiger partial charge is 0.270 e. The highest BCUT2D eigenvalue weighted by molar-refractivity contribution is 5.69. The molecule has 0 aliphatic heterocycles. The molecule has 3 heterocycles. The molecular formula is C23H22N8O2. The first-order valence-corrected chi connectivity index (χ1v) is 10.2. The largest absolute Gasteiger partial charge is 0.492 e. The third-order valence-electron chi connectivity index (χ3n) is 4.89. The van der Waals surface area contributed by atoms with Gasteiger partial charge in [0.2, 0.25) is 5.89 Å². The highest BCUT2D eigenvalue weighted by Crippen LogP contribution is 2.30. The lowest BCUT2D eigenvalue weighted by molar-refractivity contribution is 0.328. The molecule has 0 radical (unpaired) electrons. The molecule has 4 rings (SSSR count). The Labute approximate surface area is 190 Å². The molecule has 0 aliphatic rings. The Bertz CT molecular complexity index is 1310. The molecule has 1 aromatic carbocycles. The normalized spacial score (nSPS) is 11.2. The summed E-state index contributed by atoms with van der Waals surface area (Å²) in [7, 11) is 0. The third kappa shape index (κ3) is 4.63. The topological polar surface area (TPSA) is 163 Å². The van der Waals surface area contributed by atoms with Crippen LogP contribution in [0.3, 0.4) is 0 Å². The second kappa shape index (κ2) is 9.02. The summed E-state index contributed by atoms with van der Waals surface area (Å²) >= 11 is 0. The maximum atomic E-state index is 9.41. The van der Waals surface area contributed by atoms with Crippen LogP contribution in [0.4, 0.5) is 5.82 Å². The predicted molar refractivity (Wildman–Crippen MR) is 122 cm³/mol. The highest BCUT2D eigenvalue weighted by atomic mass is 16.5. The number of nitriles is 1. The predicted octanol–water partition coefficient (Wildman–Crippen LogP) is 2.98. The highest BCUT2D eigenvalue weighted by Gasteiger charge is 2.22. The Morgan fingerprint density at radius 3 is 2.55 bits per heavy atom. The second-order valence-electron chi connectivity index (χ2n) is 7.73. The number of benzene rings is 1. The summed E-state index contributed by atoms with van der Waals surface area (Å²) in [5.74, 6) is 1.31. The van der Waals surface area contributed by atoms with Gasteiger partial charge in [-0.1, -0.05) is 0 Å². The fraction of sp³-hybridized carbons (Fsp3) is 0.217. The van der Waals surface area contributed by atoms with Gasteiger partial charge in [-0.15, -0.1) is 10.2 Å². The van der Waals surface area contributed by atoms with Crippen molar-refractivity contribution in [3.8, 4) is 46.1 Å². The summed E-state index contributed by atoms with van der Waals surface area (Å²) in [5, 5.41) is 17.6. The number of nitrogens with two attached hydrogens (primary N) is 2. The van der Waals surface area contributed by atoms with Crippen LogP contribution in [-0.4, -0.2) is 38.3 Å². The van der Waals surface area contributed by atoms with E-state index in [2.05, 4.69) is 31.2 Å². The molecule has 0 bridgehead atoms. The number of nitrogens with zero attached hydrogens (tertiary/aromatic N) is 6. The molecule has 33 heavy (non-hydrogen) atoms. The van der Waals surface area contributed by atoms with Gasteiger partial charge in [0.1, 0.15) is 12.4 Å². The second-order valence-corrected chi connectivity index (χ2v) is 7.73. The number of nitrogen functional groups attached to an aromatic ring is 1. The first kappa shape index (κ1) is 21.9. The van der Waals surface area contributed by atoms with E-state index in [1.807, 2.05) is 12.1 Å².